The van der Waals surface area contributed by atoms with Crippen molar-refractivity contribution in [2.45, 2.75) is 0 Å². The minimum atomic E-state index is 0.638. The molecule has 0 spiro atoms. The molecule has 0 aliphatic heterocycles. The van der Waals surface area contributed by atoms with Gasteiger partial charge in [-0.15, -0.1) is 0 Å². The zero-order valence-corrected chi connectivity index (χ0v) is 35.6. The molecule has 11 aromatic carbocycles. The summed E-state index contributed by atoms with van der Waals surface area (Å²) >= 11 is 0. The second-order valence-electron chi connectivity index (χ2n) is 17.2. The third-order valence-electron chi connectivity index (χ3n) is 13.5. The average molecular weight is 840 g/mol. The summed E-state index contributed by atoms with van der Waals surface area (Å²) in [7, 11) is 0. The van der Waals surface area contributed by atoms with Crippen LogP contribution in [0.2, 0.25) is 0 Å². The summed E-state index contributed by atoms with van der Waals surface area (Å²) in [6.07, 6.45) is 0. The summed E-state index contributed by atoms with van der Waals surface area (Å²) < 4.78 is 4.90. The summed E-state index contributed by atoms with van der Waals surface area (Å²) in [4.78, 5) is 15.4. The third-order valence-corrected chi connectivity index (χ3v) is 13.5. The first-order valence-electron chi connectivity index (χ1n) is 22.4. The molecule has 0 aliphatic carbocycles. The first kappa shape index (κ1) is 36.5. The van der Waals surface area contributed by atoms with Gasteiger partial charge in [-0.05, 0) is 97.7 Å². The number of aromatic nitrogens is 5. The van der Waals surface area contributed by atoms with Crippen LogP contribution in [-0.2, 0) is 0 Å². The van der Waals surface area contributed by atoms with Crippen LogP contribution in [0.1, 0.15) is 0 Å². The molecule has 3 heterocycles. The Hall–Kier alpha value is -8.93. The maximum absolute atomic E-state index is 5.20. The highest BCUT2D eigenvalue weighted by atomic mass is 15.0. The number of rotatable bonds is 5. The molecule has 0 N–H and O–H groups in total. The Balaban J connectivity index is 0.986. The molecule has 14 rings (SSSR count). The molecule has 0 aliphatic rings. The van der Waals surface area contributed by atoms with Crippen LogP contribution in [0.3, 0.4) is 0 Å². The Morgan fingerprint density at radius 3 is 1.65 bits per heavy atom. The van der Waals surface area contributed by atoms with Gasteiger partial charge in [-0.3, -0.25) is 0 Å². The standard InChI is InChI=1S/C61H37N5/c1-2-16-41(17-3-1)59-62-60(45-26-25-38-13-4-6-18-42(38)33-45)64-61(63-59)51-23-12-20-44-35-47(30-31-48(44)51)65-54-24-11-10-22-50(54)52-36-53-57(37-56(52)65)66(46-29-27-39-14-5-7-19-43(39)34-46)55-32-28-40-15-8-9-21-49(40)58(53)55/h1-37H. The van der Waals surface area contributed by atoms with Crippen LogP contribution in [0.25, 0.3) is 132 Å². The van der Waals surface area contributed by atoms with Crippen LogP contribution in [0.5, 0.6) is 0 Å². The lowest BCUT2D eigenvalue weighted by atomic mass is 10.0. The molecule has 0 fully saturated rings. The summed E-state index contributed by atoms with van der Waals surface area (Å²) in [6, 6.07) is 80.7. The highest BCUT2D eigenvalue weighted by Gasteiger charge is 2.21. The zero-order chi connectivity index (χ0) is 43.3. The van der Waals surface area contributed by atoms with Crippen LogP contribution < -0.4 is 0 Å². The lowest BCUT2D eigenvalue weighted by Gasteiger charge is -2.13. The number of para-hydroxylation sites is 1. The molecule has 5 heteroatoms. The molecule has 306 valence electrons. The normalized spacial score (nSPS) is 11.9. The summed E-state index contributed by atoms with van der Waals surface area (Å²) in [5, 5.41) is 14.4. The predicted molar refractivity (Wildman–Crippen MR) is 275 cm³/mol. The van der Waals surface area contributed by atoms with Gasteiger partial charge in [0.1, 0.15) is 0 Å². The van der Waals surface area contributed by atoms with Crippen molar-refractivity contribution >= 4 is 86.7 Å². The van der Waals surface area contributed by atoms with Crippen LogP contribution in [0.15, 0.2) is 224 Å². The quantitative estimate of drug-likeness (QED) is 0.173. The average Bonchev–Trinajstić information content (AvgIpc) is 3.89. The largest absolute Gasteiger partial charge is 0.309 e. The fourth-order valence-electron chi connectivity index (χ4n) is 10.4. The van der Waals surface area contributed by atoms with Gasteiger partial charge in [0.25, 0.3) is 0 Å². The highest BCUT2D eigenvalue weighted by Crippen LogP contribution is 2.43. The molecule has 66 heavy (non-hydrogen) atoms. The lowest BCUT2D eigenvalue weighted by Crippen LogP contribution is -2.01. The topological polar surface area (TPSA) is 48.5 Å². The van der Waals surface area contributed by atoms with E-state index in [-0.39, 0.29) is 0 Å². The molecule has 0 saturated heterocycles. The second-order valence-corrected chi connectivity index (χ2v) is 17.2. The zero-order valence-electron chi connectivity index (χ0n) is 35.6. The van der Waals surface area contributed by atoms with E-state index in [0.717, 1.165) is 55.3 Å². The number of hydrogen-bond donors (Lipinski definition) is 0. The highest BCUT2D eigenvalue weighted by molar-refractivity contribution is 6.25. The molecule has 0 atom stereocenters. The van der Waals surface area contributed by atoms with E-state index in [1.807, 2.05) is 18.2 Å². The van der Waals surface area contributed by atoms with Crippen molar-refractivity contribution in [2.24, 2.45) is 0 Å². The van der Waals surface area contributed by atoms with E-state index in [2.05, 4.69) is 215 Å². The lowest BCUT2D eigenvalue weighted by molar-refractivity contribution is 1.08. The maximum atomic E-state index is 5.20. The summed E-state index contributed by atoms with van der Waals surface area (Å²) in [6.45, 7) is 0. The van der Waals surface area contributed by atoms with Gasteiger partial charge < -0.3 is 9.13 Å². The third kappa shape index (κ3) is 5.63. The van der Waals surface area contributed by atoms with Crippen LogP contribution in [-0.4, -0.2) is 24.1 Å². The van der Waals surface area contributed by atoms with E-state index in [4.69, 9.17) is 15.0 Å². The number of hydrogen-bond acceptors (Lipinski definition) is 3. The SMILES string of the molecule is c1ccc(-c2nc(-c3ccc4ccccc4c3)nc(-c3cccc4cc(-n5c6ccccc6c6cc7c8c9ccccc9ccc8n(-c8ccc9ccccc9c8)c7cc65)ccc34)n2)cc1. The Morgan fingerprint density at radius 2 is 0.833 bits per heavy atom. The smallest absolute Gasteiger partial charge is 0.164 e. The van der Waals surface area contributed by atoms with Gasteiger partial charge in [0, 0.05) is 49.6 Å². The van der Waals surface area contributed by atoms with Crippen molar-refractivity contribution < 1.29 is 0 Å². The van der Waals surface area contributed by atoms with Gasteiger partial charge in [-0.25, -0.2) is 15.0 Å². The van der Waals surface area contributed by atoms with Crippen molar-refractivity contribution in [3.8, 4) is 45.5 Å². The van der Waals surface area contributed by atoms with Gasteiger partial charge >= 0.3 is 0 Å². The first-order chi connectivity index (χ1) is 32.7. The van der Waals surface area contributed by atoms with Crippen LogP contribution in [0.4, 0.5) is 0 Å². The Bertz CT molecular complexity index is 4290. The first-order valence-corrected chi connectivity index (χ1v) is 22.4. The van der Waals surface area contributed by atoms with Gasteiger partial charge in [0.05, 0.1) is 22.1 Å². The van der Waals surface area contributed by atoms with E-state index in [9.17, 15) is 0 Å². The van der Waals surface area contributed by atoms with E-state index < -0.39 is 0 Å². The Labute approximate surface area is 379 Å². The van der Waals surface area contributed by atoms with Gasteiger partial charge in [-0.2, -0.15) is 0 Å². The second kappa shape index (κ2) is 14.3. The molecule has 14 aromatic rings. The molecule has 0 radical (unpaired) electrons. The maximum Gasteiger partial charge on any atom is 0.164 e. The molecule has 5 nitrogen and oxygen atoms in total. The molecule has 3 aromatic heterocycles. The van der Waals surface area contributed by atoms with Crippen molar-refractivity contribution in [2.75, 3.05) is 0 Å². The number of benzene rings is 11. The van der Waals surface area contributed by atoms with Gasteiger partial charge in [-0.1, -0.05) is 170 Å². The van der Waals surface area contributed by atoms with Crippen molar-refractivity contribution in [1.82, 2.24) is 24.1 Å². The van der Waals surface area contributed by atoms with Crippen LogP contribution >= 0.6 is 0 Å². The molecule has 0 bridgehead atoms. The number of nitrogens with zero attached hydrogens (tertiary/aromatic N) is 5. The van der Waals surface area contributed by atoms with Crippen molar-refractivity contribution in [3.05, 3.63) is 224 Å². The van der Waals surface area contributed by atoms with Crippen LogP contribution in [0, 0.1) is 0 Å². The summed E-state index contributed by atoms with van der Waals surface area (Å²) in [5.74, 6) is 1.92. The Kier molecular flexibility index (Phi) is 7.91. The van der Waals surface area contributed by atoms with Gasteiger partial charge in [0.15, 0.2) is 17.5 Å². The van der Waals surface area contributed by atoms with E-state index in [1.165, 1.54) is 59.5 Å². The monoisotopic (exact) mass is 839 g/mol. The number of fused-ring (bicyclic) bond motifs is 11. The van der Waals surface area contributed by atoms with Crippen molar-refractivity contribution in [1.29, 1.82) is 0 Å². The van der Waals surface area contributed by atoms with E-state index >= 15 is 0 Å². The van der Waals surface area contributed by atoms with E-state index in [0.29, 0.717) is 17.5 Å². The molecule has 0 amide bonds. The molecular formula is C61H37N5. The fourth-order valence-corrected chi connectivity index (χ4v) is 10.4. The minimum Gasteiger partial charge on any atom is -0.309 e. The Morgan fingerprint density at radius 1 is 0.258 bits per heavy atom. The molecule has 0 saturated carbocycles. The van der Waals surface area contributed by atoms with Gasteiger partial charge in [0.2, 0.25) is 0 Å². The summed E-state index contributed by atoms with van der Waals surface area (Å²) in [5.41, 5.74) is 9.75. The fraction of sp³-hybridized carbons (Fsp3) is 0. The van der Waals surface area contributed by atoms with Crippen molar-refractivity contribution in [3.63, 3.8) is 0 Å². The predicted octanol–water partition coefficient (Wildman–Crippen LogP) is 15.7. The molecular weight excluding hydrogens is 803 g/mol. The van der Waals surface area contributed by atoms with E-state index in [1.54, 1.807) is 0 Å². The minimum absolute atomic E-state index is 0.638. The molecule has 0 unspecified atom stereocenters.